The fraction of sp³-hybridized carbons (Fsp3) is 0.480. The molecule has 172 valence electrons. The van der Waals surface area contributed by atoms with Crippen molar-refractivity contribution in [2.75, 3.05) is 13.7 Å². The average Bonchev–Trinajstić information content (AvgIpc) is 3.28. The van der Waals surface area contributed by atoms with Gasteiger partial charge in [-0.3, -0.25) is 4.79 Å². The maximum Gasteiger partial charge on any atom is 0.416 e. The second-order valence-electron chi connectivity index (χ2n) is 8.71. The molecule has 0 unspecified atom stereocenters. The van der Waals surface area contributed by atoms with E-state index in [-0.39, 0.29) is 23.8 Å². The molecule has 1 N–H and O–H groups in total. The third-order valence-corrected chi connectivity index (χ3v) is 6.48. The molecule has 2 atom stereocenters. The Balaban J connectivity index is 1.47. The summed E-state index contributed by atoms with van der Waals surface area (Å²) in [6.45, 7) is 0.525. The Morgan fingerprint density at radius 1 is 1.03 bits per heavy atom. The molecule has 1 amide bonds. The highest BCUT2D eigenvalue weighted by Gasteiger charge is 2.32. The summed E-state index contributed by atoms with van der Waals surface area (Å²) in [5.74, 6) is 1.17. The van der Waals surface area contributed by atoms with Gasteiger partial charge in [-0.15, -0.1) is 0 Å². The van der Waals surface area contributed by atoms with Gasteiger partial charge >= 0.3 is 6.18 Å². The van der Waals surface area contributed by atoms with Crippen molar-refractivity contribution in [3.8, 4) is 11.5 Å². The molecule has 4 rings (SSSR count). The molecule has 0 spiro atoms. The van der Waals surface area contributed by atoms with Crippen LogP contribution in [0.15, 0.2) is 42.5 Å². The highest BCUT2D eigenvalue weighted by atomic mass is 19.4. The van der Waals surface area contributed by atoms with Gasteiger partial charge in [0.05, 0.1) is 18.8 Å². The van der Waals surface area contributed by atoms with Crippen LogP contribution in [-0.2, 0) is 17.4 Å². The van der Waals surface area contributed by atoms with Crippen LogP contribution in [0.1, 0.15) is 54.7 Å². The Morgan fingerprint density at radius 3 is 2.41 bits per heavy atom. The third kappa shape index (κ3) is 5.19. The van der Waals surface area contributed by atoms with Crippen molar-refractivity contribution in [1.82, 2.24) is 5.32 Å². The topological polar surface area (TPSA) is 47.6 Å². The van der Waals surface area contributed by atoms with Gasteiger partial charge in [0.25, 0.3) is 0 Å². The Kier molecular flexibility index (Phi) is 6.63. The van der Waals surface area contributed by atoms with Crippen molar-refractivity contribution >= 4 is 5.91 Å². The maximum atomic E-state index is 12.8. The molecular formula is C25H28F3NO3. The van der Waals surface area contributed by atoms with Gasteiger partial charge in [0.15, 0.2) is 11.5 Å². The Labute approximate surface area is 186 Å². The number of rotatable bonds is 6. The molecule has 2 fully saturated rings. The van der Waals surface area contributed by atoms with Crippen molar-refractivity contribution in [1.29, 1.82) is 0 Å². The number of methoxy groups -OCH3 is 1. The first-order valence-corrected chi connectivity index (χ1v) is 11.1. The van der Waals surface area contributed by atoms with Crippen molar-refractivity contribution in [2.24, 2.45) is 5.92 Å². The quantitative estimate of drug-likeness (QED) is 0.636. The largest absolute Gasteiger partial charge is 0.493 e. The van der Waals surface area contributed by atoms with Crippen LogP contribution in [0.5, 0.6) is 11.5 Å². The summed E-state index contributed by atoms with van der Waals surface area (Å²) in [4.78, 5) is 12.5. The lowest BCUT2D eigenvalue weighted by Gasteiger charge is -2.30. The van der Waals surface area contributed by atoms with Gasteiger partial charge in [-0.25, -0.2) is 0 Å². The number of hydrogen-bond acceptors (Lipinski definition) is 3. The highest BCUT2D eigenvalue weighted by Crippen LogP contribution is 2.37. The predicted octanol–water partition coefficient (Wildman–Crippen LogP) is 5.50. The minimum atomic E-state index is -4.36. The normalized spacial score (nSPS) is 21.9. The standard InChI is InChI=1S/C25H28F3NO3/c1-31-22-11-8-17(14-23(22)32-21-4-2-3-5-21)19-13-18(24(30)29-15-19)12-16-6-9-20(10-7-16)25(26,27)28/h6-11,14,18-19,21H,2-5,12-13,15H2,1H3,(H,29,30)/t18-,19+/m0/s1. The summed E-state index contributed by atoms with van der Waals surface area (Å²) < 4.78 is 50.1. The van der Waals surface area contributed by atoms with Crippen LogP contribution in [0.2, 0.25) is 0 Å². The fourth-order valence-corrected chi connectivity index (χ4v) is 4.67. The zero-order valence-electron chi connectivity index (χ0n) is 18.1. The van der Waals surface area contributed by atoms with Crippen LogP contribution < -0.4 is 14.8 Å². The molecule has 2 aliphatic rings. The first kappa shape index (κ1) is 22.5. The summed E-state index contributed by atoms with van der Waals surface area (Å²) in [6.07, 6.45) is 1.31. The van der Waals surface area contributed by atoms with Gasteiger partial charge in [0.2, 0.25) is 5.91 Å². The van der Waals surface area contributed by atoms with E-state index in [1.54, 1.807) is 7.11 Å². The smallest absolute Gasteiger partial charge is 0.416 e. The zero-order chi connectivity index (χ0) is 22.7. The molecule has 0 radical (unpaired) electrons. The van der Waals surface area contributed by atoms with Crippen LogP contribution >= 0.6 is 0 Å². The highest BCUT2D eigenvalue weighted by molar-refractivity contribution is 5.80. The van der Waals surface area contributed by atoms with E-state index in [2.05, 4.69) is 5.32 Å². The van der Waals surface area contributed by atoms with Crippen LogP contribution in [0.25, 0.3) is 0 Å². The number of carbonyl (C=O) groups excluding carboxylic acids is 1. The lowest BCUT2D eigenvalue weighted by Crippen LogP contribution is -2.41. The first-order valence-electron chi connectivity index (χ1n) is 11.1. The Bertz CT molecular complexity index is 936. The van der Waals surface area contributed by atoms with Crippen LogP contribution in [0, 0.1) is 5.92 Å². The molecule has 0 aromatic heterocycles. The van der Waals surface area contributed by atoms with Gasteiger partial charge in [-0.1, -0.05) is 18.2 Å². The minimum absolute atomic E-state index is 0.0583. The monoisotopic (exact) mass is 447 g/mol. The van der Waals surface area contributed by atoms with Crippen molar-refractivity contribution in [3.63, 3.8) is 0 Å². The number of ether oxygens (including phenoxy) is 2. The second-order valence-corrected chi connectivity index (χ2v) is 8.71. The lowest BCUT2D eigenvalue weighted by atomic mass is 9.82. The number of carbonyl (C=O) groups is 1. The van der Waals surface area contributed by atoms with Crippen molar-refractivity contribution in [3.05, 3.63) is 59.2 Å². The molecule has 7 heteroatoms. The molecule has 1 aliphatic heterocycles. The number of amides is 1. The lowest BCUT2D eigenvalue weighted by molar-refractivity contribution is -0.137. The molecule has 1 saturated carbocycles. The molecule has 1 saturated heterocycles. The SMILES string of the molecule is COc1ccc([C@H]2CNC(=O)[C@@H](Cc3ccc(C(F)(F)F)cc3)C2)cc1OC1CCCC1. The average molecular weight is 447 g/mol. The van der Waals surface area contributed by atoms with E-state index in [4.69, 9.17) is 9.47 Å². The van der Waals surface area contributed by atoms with Crippen molar-refractivity contribution < 1.29 is 27.4 Å². The fourth-order valence-electron chi connectivity index (χ4n) is 4.67. The minimum Gasteiger partial charge on any atom is -0.493 e. The van der Waals surface area contributed by atoms with Crippen molar-refractivity contribution in [2.45, 2.75) is 56.7 Å². The number of nitrogens with one attached hydrogen (secondary N) is 1. The summed E-state index contributed by atoms with van der Waals surface area (Å²) in [7, 11) is 1.62. The molecule has 32 heavy (non-hydrogen) atoms. The van der Waals surface area contributed by atoms with Crippen LogP contribution in [-0.4, -0.2) is 25.7 Å². The van der Waals surface area contributed by atoms with E-state index < -0.39 is 11.7 Å². The van der Waals surface area contributed by atoms with E-state index in [1.807, 2.05) is 18.2 Å². The predicted molar refractivity (Wildman–Crippen MR) is 115 cm³/mol. The molecule has 1 heterocycles. The van der Waals surface area contributed by atoms with Crippen LogP contribution in [0.4, 0.5) is 13.2 Å². The summed E-state index contributed by atoms with van der Waals surface area (Å²) in [6, 6.07) is 11.0. The second kappa shape index (κ2) is 9.43. The first-order chi connectivity index (χ1) is 15.3. The summed E-state index contributed by atoms with van der Waals surface area (Å²) in [5, 5.41) is 2.97. The summed E-state index contributed by atoms with van der Waals surface area (Å²) in [5.41, 5.74) is 1.11. The number of benzene rings is 2. The number of alkyl halides is 3. The van der Waals surface area contributed by atoms with Gasteiger partial charge in [-0.05, 0) is 73.9 Å². The molecule has 4 nitrogen and oxygen atoms in total. The number of piperidine rings is 1. The van der Waals surface area contributed by atoms with E-state index >= 15 is 0 Å². The Morgan fingerprint density at radius 2 is 1.75 bits per heavy atom. The molecule has 2 aromatic rings. The zero-order valence-corrected chi connectivity index (χ0v) is 18.1. The molecule has 0 bridgehead atoms. The van der Waals surface area contributed by atoms with Gasteiger partial charge in [0, 0.05) is 18.4 Å². The summed E-state index contributed by atoms with van der Waals surface area (Å²) >= 11 is 0. The van der Waals surface area contributed by atoms with E-state index in [0.717, 1.165) is 41.9 Å². The van der Waals surface area contributed by atoms with Crippen LogP contribution in [0.3, 0.4) is 0 Å². The number of hydrogen-bond donors (Lipinski definition) is 1. The number of halogens is 3. The van der Waals surface area contributed by atoms with E-state index in [9.17, 15) is 18.0 Å². The van der Waals surface area contributed by atoms with Gasteiger partial charge < -0.3 is 14.8 Å². The molecular weight excluding hydrogens is 419 g/mol. The maximum absolute atomic E-state index is 12.8. The third-order valence-electron chi connectivity index (χ3n) is 6.48. The molecule has 2 aromatic carbocycles. The van der Waals surface area contributed by atoms with E-state index in [0.29, 0.717) is 25.1 Å². The Hall–Kier alpha value is -2.70. The molecule has 1 aliphatic carbocycles. The van der Waals surface area contributed by atoms with Gasteiger partial charge in [0.1, 0.15) is 0 Å². The van der Waals surface area contributed by atoms with Gasteiger partial charge in [-0.2, -0.15) is 13.2 Å². The van der Waals surface area contributed by atoms with E-state index in [1.165, 1.54) is 25.0 Å².